The zero-order valence-corrected chi connectivity index (χ0v) is 16.5. The average molecular weight is 441 g/mol. The number of azo groups is 1. The summed E-state index contributed by atoms with van der Waals surface area (Å²) in [5.41, 5.74) is -0.594. The van der Waals surface area contributed by atoms with Crippen LogP contribution in [0, 0.1) is 10.1 Å². The van der Waals surface area contributed by atoms with Crippen molar-refractivity contribution in [2.45, 2.75) is 17.0 Å². The number of nitro benzene ring substituents is 1. The van der Waals surface area contributed by atoms with E-state index in [1.54, 1.807) is 6.08 Å². The molecule has 0 aromatic heterocycles. The van der Waals surface area contributed by atoms with Crippen molar-refractivity contribution in [2.24, 2.45) is 10.2 Å². The number of non-ortho nitro benzene ring substituents is 1. The number of aromatic hydroxyl groups is 1. The van der Waals surface area contributed by atoms with Crippen molar-refractivity contribution < 1.29 is 28.1 Å². The molecule has 1 unspecified atom stereocenters. The van der Waals surface area contributed by atoms with Crippen molar-refractivity contribution in [1.29, 1.82) is 0 Å². The van der Waals surface area contributed by atoms with Gasteiger partial charge in [-0.15, -0.1) is 10.2 Å². The van der Waals surface area contributed by atoms with Gasteiger partial charge in [0.15, 0.2) is 5.72 Å². The number of nitrogens with zero attached hydrogens (tertiary/aromatic N) is 3. The molecule has 158 valence electrons. The Hall–Kier alpha value is -3.67. The minimum atomic E-state index is -4.81. The van der Waals surface area contributed by atoms with Crippen LogP contribution >= 0.6 is 0 Å². The first kappa shape index (κ1) is 20.6. The zero-order valence-electron chi connectivity index (χ0n) is 15.7. The maximum Gasteiger partial charge on any atom is 0.295 e. The van der Waals surface area contributed by atoms with Gasteiger partial charge in [-0.05, 0) is 23.3 Å². The Morgan fingerprint density at radius 3 is 2.55 bits per heavy atom. The molecule has 11 heteroatoms. The fraction of sp³-hybridized carbons (Fsp3) is 0.100. The molecule has 10 nitrogen and oxygen atoms in total. The number of nitro groups is 1. The monoisotopic (exact) mass is 441 g/mol. The van der Waals surface area contributed by atoms with Gasteiger partial charge in [-0.2, -0.15) is 8.42 Å². The molecule has 0 bridgehead atoms. The fourth-order valence-corrected chi connectivity index (χ4v) is 4.12. The van der Waals surface area contributed by atoms with E-state index < -0.39 is 37.1 Å². The fourth-order valence-electron chi connectivity index (χ4n) is 3.41. The molecule has 0 heterocycles. The van der Waals surface area contributed by atoms with E-state index in [0.29, 0.717) is 0 Å². The highest BCUT2D eigenvalue weighted by atomic mass is 32.2. The van der Waals surface area contributed by atoms with Crippen LogP contribution in [-0.4, -0.2) is 33.8 Å². The Balaban J connectivity index is 1.85. The lowest BCUT2D eigenvalue weighted by Gasteiger charge is -2.23. The number of fused-ring (bicyclic) bond motifs is 2. The second kappa shape index (κ2) is 7.23. The first-order valence-corrected chi connectivity index (χ1v) is 10.4. The topological polar surface area (TPSA) is 163 Å². The lowest BCUT2D eigenvalue weighted by molar-refractivity contribution is -0.384. The summed E-state index contributed by atoms with van der Waals surface area (Å²) in [7, 11) is -4.81. The number of rotatable bonds is 4. The smallest absolute Gasteiger partial charge is 0.295 e. The second-order valence-electron chi connectivity index (χ2n) is 6.99. The lowest BCUT2D eigenvalue weighted by atomic mass is 9.92. The molecule has 31 heavy (non-hydrogen) atoms. The number of hydrogen-bond donors (Lipinski definition) is 3. The quantitative estimate of drug-likeness (QED) is 0.240. The third-order valence-electron chi connectivity index (χ3n) is 4.88. The second-order valence-corrected chi connectivity index (χ2v) is 8.38. The van der Waals surface area contributed by atoms with Crippen LogP contribution in [-0.2, 0) is 16.5 Å². The van der Waals surface area contributed by atoms with Gasteiger partial charge in [0.1, 0.15) is 16.3 Å². The first-order chi connectivity index (χ1) is 14.6. The largest absolute Gasteiger partial charge is 0.506 e. The predicted octanol–water partition coefficient (Wildman–Crippen LogP) is 3.74. The molecule has 1 aliphatic carbocycles. The molecule has 0 fully saturated rings. The van der Waals surface area contributed by atoms with E-state index in [9.17, 15) is 33.3 Å². The van der Waals surface area contributed by atoms with Crippen LogP contribution in [0.2, 0.25) is 0 Å². The van der Waals surface area contributed by atoms with Crippen LogP contribution in [0.3, 0.4) is 0 Å². The number of benzene rings is 3. The van der Waals surface area contributed by atoms with Gasteiger partial charge in [0, 0.05) is 35.4 Å². The summed E-state index contributed by atoms with van der Waals surface area (Å²) in [6, 6.07) is 11.3. The number of phenolic OH excluding ortho intramolecular Hbond substituents is 1. The Kier molecular flexibility index (Phi) is 4.81. The first-order valence-electron chi connectivity index (χ1n) is 8.91. The summed E-state index contributed by atoms with van der Waals surface area (Å²) in [4.78, 5) is 9.65. The molecule has 1 atom stereocenters. The summed E-state index contributed by atoms with van der Waals surface area (Å²) in [5.74, 6) is -0.637. The van der Waals surface area contributed by atoms with E-state index in [1.807, 2.05) is 24.3 Å². The Morgan fingerprint density at radius 2 is 1.84 bits per heavy atom. The third kappa shape index (κ3) is 3.89. The van der Waals surface area contributed by atoms with Crippen molar-refractivity contribution in [3.63, 3.8) is 0 Å². The van der Waals surface area contributed by atoms with Crippen molar-refractivity contribution in [2.75, 3.05) is 0 Å². The molecule has 3 N–H and O–H groups in total. The normalized spacial score (nSPS) is 18.4. The standard InChI is InChI=1S/C20H15N3O7S/c24-17-10-18(31(28,29)30)16-9-14(23(26)27)5-6-15(16)19(17)21-22-20(25)8-7-12-3-1-2-4-13(12)11-20/h1-10,24-25H,11H2,(H,28,29,30). The van der Waals surface area contributed by atoms with E-state index in [4.69, 9.17) is 0 Å². The van der Waals surface area contributed by atoms with Crippen molar-refractivity contribution in [3.8, 4) is 5.75 Å². The van der Waals surface area contributed by atoms with E-state index in [-0.39, 0.29) is 22.9 Å². The molecule has 0 saturated carbocycles. The van der Waals surface area contributed by atoms with Gasteiger partial charge in [0.2, 0.25) is 0 Å². The molecule has 0 spiro atoms. The number of hydrogen-bond acceptors (Lipinski definition) is 8. The van der Waals surface area contributed by atoms with Gasteiger partial charge in [-0.1, -0.05) is 30.3 Å². The van der Waals surface area contributed by atoms with Crippen LogP contribution in [0.5, 0.6) is 5.75 Å². The minimum Gasteiger partial charge on any atom is -0.506 e. The van der Waals surface area contributed by atoms with E-state index in [2.05, 4.69) is 10.2 Å². The van der Waals surface area contributed by atoms with Crippen LogP contribution in [0.4, 0.5) is 11.4 Å². The highest BCUT2D eigenvalue weighted by Gasteiger charge is 2.28. The van der Waals surface area contributed by atoms with E-state index in [1.165, 1.54) is 12.1 Å². The number of aliphatic hydroxyl groups is 1. The summed E-state index contributed by atoms with van der Waals surface area (Å²) in [6.45, 7) is 0. The molecule has 0 amide bonds. The molecular weight excluding hydrogens is 426 g/mol. The third-order valence-corrected chi connectivity index (χ3v) is 5.78. The van der Waals surface area contributed by atoms with Crippen molar-refractivity contribution in [1.82, 2.24) is 0 Å². The predicted molar refractivity (Wildman–Crippen MR) is 111 cm³/mol. The van der Waals surface area contributed by atoms with Crippen molar-refractivity contribution >= 4 is 38.3 Å². The van der Waals surface area contributed by atoms with Gasteiger partial charge >= 0.3 is 0 Å². The summed E-state index contributed by atoms with van der Waals surface area (Å²) in [6.07, 6.45) is 3.24. The maximum absolute atomic E-state index is 11.7. The lowest BCUT2D eigenvalue weighted by Crippen LogP contribution is -2.28. The molecule has 1 aliphatic rings. The van der Waals surface area contributed by atoms with Gasteiger partial charge in [0.05, 0.1) is 4.92 Å². The molecule has 3 aromatic rings. The maximum atomic E-state index is 11.7. The number of phenols is 1. The summed E-state index contributed by atoms with van der Waals surface area (Å²) in [5, 5.41) is 39.9. The van der Waals surface area contributed by atoms with Gasteiger partial charge in [0.25, 0.3) is 15.8 Å². The minimum absolute atomic E-state index is 0.00855. The zero-order chi connectivity index (χ0) is 22.4. The van der Waals surface area contributed by atoms with Crippen molar-refractivity contribution in [3.05, 3.63) is 75.8 Å². The SMILES string of the molecule is O=[N+]([O-])c1ccc2c(N=NC3(O)C=Cc4ccccc4C3)c(O)cc(S(=O)(=O)O)c2c1. The van der Waals surface area contributed by atoms with Gasteiger partial charge < -0.3 is 10.2 Å². The molecule has 4 rings (SSSR count). The average Bonchev–Trinajstić information content (AvgIpc) is 2.71. The van der Waals surface area contributed by atoms with Crippen LogP contribution in [0.1, 0.15) is 11.1 Å². The highest BCUT2D eigenvalue weighted by molar-refractivity contribution is 7.86. The molecule has 0 radical (unpaired) electrons. The molecule has 0 saturated heterocycles. The van der Waals surface area contributed by atoms with Gasteiger partial charge in [-0.3, -0.25) is 14.7 Å². The van der Waals surface area contributed by atoms with E-state index in [0.717, 1.165) is 29.3 Å². The summed E-state index contributed by atoms with van der Waals surface area (Å²) >= 11 is 0. The van der Waals surface area contributed by atoms with Crippen LogP contribution in [0.15, 0.2) is 69.7 Å². The molecular formula is C20H15N3O7S. The Bertz CT molecular complexity index is 1400. The summed E-state index contributed by atoms with van der Waals surface area (Å²) < 4.78 is 33.0. The Labute approximate surface area is 175 Å². The Morgan fingerprint density at radius 1 is 1.10 bits per heavy atom. The van der Waals surface area contributed by atoms with E-state index >= 15 is 0 Å². The van der Waals surface area contributed by atoms with Crippen LogP contribution < -0.4 is 0 Å². The van der Waals surface area contributed by atoms with Crippen LogP contribution in [0.25, 0.3) is 16.8 Å². The molecule has 0 aliphatic heterocycles. The highest BCUT2D eigenvalue weighted by Crippen LogP contribution is 2.41. The van der Waals surface area contributed by atoms with Gasteiger partial charge in [-0.25, -0.2) is 0 Å². The molecule has 3 aromatic carbocycles.